The first kappa shape index (κ1) is 16.2. The molecule has 1 heterocycles. The molecule has 0 radical (unpaired) electrons. The highest BCUT2D eigenvalue weighted by molar-refractivity contribution is 9.10. The van der Waals surface area contributed by atoms with Crippen LogP contribution in [0.3, 0.4) is 0 Å². The summed E-state index contributed by atoms with van der Waals surface area (Å²) in [6, 6.07) is 15.4. The molecule has 0 saturated heterocycles. The van der Waals surface area contributed by atoms with Gasteiger partial charge in [-0.25, -0.2) is 0 Å². The average molecular weight is 394 g/mol. The molecule has 0 saturated carbocycles. The lowest BCUT2D eigenvalue weighted by atomic mass is 9.73. The standard InChI is InChI=1S/C21H16BrNO2/c1-11-17(12(2)24)18(13-7-9-14(22)10-8-13)19-20(23-11)15-5-3-4-6-16(15)21(19)25/h3-10,17-18H,1-2H3/t17?,18-/m0/s1. The van der Waals surface area contributed by atoms with E-state index in [0.29, 0.717) is 11.1 Å². The molecule has 0 aromatic heterocycles. The van der Waals surface area contributed by atoms with Crippen molar-refractivity contribution >= 4 is 38.9 Å². The Morgan fingerprint density at radius 3 is 2.32 bits per heavy atom. The molecule has 25 heavy (non-hydrogen) atoms. The fourth-order valence-electron chi connectivity index (χ4n) is 3.91. The third-order valence-corrected chi connectivity index (χ3v) is 5.50. The summed E-state index contributed by atoms with van der Waals surface area (Å²) in [5.74, 6) is -0.679. The van der Waals surface area contributed by atoms with Crippen LogP contribution in [-0.4, -0.2) is 17.3 Å². The van der Waals surface area contributed by atoms with Crippen LogP contribution in [0.2, 0.25) is 0 Å². The number of carbonyl (C=O) groups excluding carboxylic acids is 2. The van der Waals surface area contributed by atoms with Crippen LogP contribution in [-0.2, 0) is 4.79 Å². The molecule has 2 atom stereocenters. The molecule has 0 amide bonds. The van der Waals surface area contributed by atoms with Crippen LogP contribution in [0.5, 0.6) is 0 Å². The fourth-order valence-corrected chi connectivity index (χ4v) is 4.17. The molecule has 0 bridgehead atoms. The van der Waals surface area contributed by atoms with Crippen molar-refractivity contribution in [2.45, 2.75) is 19.8 Å². The molecule has 0 N–H and O–H groups in total. The Hall–Kier alpha value is -2.33. The number of carbonyl (C=O) groups is 2. The van der Waals surface area contributed by atoms with E-state index in [1.54, 1.807) is 6.92 Å². The Bertz CT molecular complexity index is 970. The number of rotatable bonds is 2. The molecular weight excluding hydrogens is 378 g/mol. The van der Waals surface area contributed by atoms with E-state index >= 15 is 0 Å². The quantitative estimate of drug-likeness (QED) is 0.733. The normalized spacial score (nSPS) is 21.7. The summed E-state index contributed by atoms with van der Waals surface area (Å²) in [5.41, 5.74) is 4.65. The maximum absolute atomic E-state index is 13.1. The topological polar surface area (TPSA) is 46.5 Å². The highest BCUT2D eigenvalue weighted by Crippen LogP contribution is 2.47. The fraction of sp³-hybridized carbons (Fsp3) is 0.190. The van der Waals surface area contributed by atoms with Gasteiger partial charge < -0.3 is 0 Å². The van der Waals surface area contributed by atoms with Crippen molar-refractivity contribution in [2.24, 2.45) is 10.9 Å². The number of fused-ring (bicyclic) bond motifs is 2. The Morgan fingerprint density at radius 2 is 1.68 bits per heavy atom. The Labute approximate surface area is 154 Å². The summed E-state index contributed by atoms with van der Waals surface area (Å²) in [6.07, 6.45) is 0. The number of aliphatic imine (C=N–C) groups is 1. The number of hydrogen-bond donors (Lipinski definition) is 0. The largest absolute Gasteiger partial charge is 0.299 e. The number of Topliss-reactive ketones (excluding diaryl/α,β-unsaturated/α-hetero) is 2. The van der Waals surface area contributed by atoms with Crippen molar-refractivity contribution in [2.75, 3.05) is 0 Å². The molecule has 0 spiro atoms. The average Bonchev–Trinajstić information content (AvgIpc) is 2.87. The second-order valence-electron chi connectivity index (χ2n) is 6.51. The maximum atomic E-state index is 13.1. The number of hydrogen-bond acceptors (Lipinski definition) is 3. The van der Waals surface area contributed by atoms with Crippen LogP contribution in [0.4, 0.5) is 0 Å². The van der Waals surface area contributed by atoms with Gasteiger partial charge in [-0.1, -0.05) is 52.3 Å². The smallest absolute Gasteiger partial charge is 0.192 e. The van der Waals surface area contributed by atoms with E-state index in [4.69, 9.17) is 0 Å². The second-order valence-corrected chi connectivity index (χ2v) is 7.42. The molecule has 4 heteroatoms. The molecule has 4 rings (SSSR count). The zero-order valence-corrected chi connectivity index (χ0v) is 15.5. The third-order valence-electron chi connectivity index (χ3n) is 4.98. The van der Waals surface area contributed by atoms with Crippen molar-refractivity contribution in [3.63, 3.8) is 0 Å². The van der Waals surface area contributed by atoms with Crippen LogP contribution in [0, 0.1) is 5.92 Å². The summed E-state index contributed by atoms with van der Waals surface area (Å²) >= 11 is 3.45. The number of benzene rings is 2. The van der Waals surface area contributed by atoms with Crippen LogP contribution in [0.25, 0.3) is 5.70 Å². The van der Waals surface area contributed by atoms with Gasteiger partial charge >= 0.3 is 0 Å². The first-order valence-corrected chi connectivity index (χ1v) is 8.97. The predicted octanol–water partition coefficient (Wildman–Crippen LogP) is 4.82. The Morgan fingerprint density at radius 1 is 1.04 bits per heavy atom. The summed E-state index contributed by atoms with van der Waals surface area (Å²) in [6.45, 7) is 3.46. The molecule has 1 aliphatic heterocycles. The molecule has 1 aliphatic carbocycles. The maximum Gasteiger partial charge on any atom is 0.192 e. The van der Waals surface area contributed by atoms with Crippen molar-refractivity contribution < 1.29 is 9.59 Å². The lowest BCUT2D eigenvalue weighted by Crippen LogP contribution is -2.32. The van der Waals surface area contributed by atoms with E-state index in [2.05, 4.69) is 20.9 Å². The monoisotopic (exact) mass is 393 g/mol. The molecule has 2 aromatic rings. The van der Waals surface area contributed by atoms with E-state index in [1.807, 2.05) is 55.5 Å². The van der Waals surface area contributed by atoms with Gasteiger partial charge in [0.2, 0.25) is 0 Å². The van der Waals surface area contributed by atoms with Crippen LogP contribution < -0.4 is 0 Å². The molecule has 124 valence electrons. The van der Waals surface area contributed by atoms with Crippen molar-refractivity contribution in [1.82, 2.24) is 0 Å². The molecule has 1 unspecified atom stereocenters. The first-order valence-electron chi connectivity index (χ1n) is 8.18. The first-order chi connectivity index (χ1) is 12.0. The lowest BCUT2D eigenvalue weighted by Gasteiger charge is -2.30. The molecular formula is C21H16BrNO2. The van der Waals surface area contributed by atoms with Crippen molar-refractivity contribution in [3.05, 3.63) is 75.3 Å². The van der Waals surface area contributed by atoms with Gasteiger partial charge in [0.05, 0.1) is 11.6 Å². The van der Waals surface area contributed by atoms with E-state index in [9.17, 15) is 9.59 Å². The summed E-state index contributed by atoms with van der Waals surface area (Å²) < 4.78 is 0.965. The van der Waals surface area contributed by atoms with E-state index in [0.717, 1.165) is 27.0 Å². The van der Waals surface area contributed by atoms with Crippen LogP contribution in [0.15, 0.2) is 63.6 Å². The lowest BCUT2D eigenvalue weighted by molar-refractivity contribution is -0.119. The van der Waals surface area contributed by atoms with Crippen molar-refractivity contribution in [3.8, 4) is 0 Å². The minimum absolute atomic E-state index is 0.0129. The number of ketones is 2. The zero-order valence-electron chi connectivity index (χ0n) is 13.9. The van der Waals surface area contributed by atoms with E-state index in [-0.39, 0.29) is 17.5 Å². The van der Waals surface area contributed by atoms with Crippen LogP contribution >= 0.6 is 15.9 Å². The van der Waals surface area contributed by atoms with Gasteiger partial charge in [-0.2, -0.15) is 0 Å². The van der Waals surface area contributed by atoms with Gasteiger partial charge in [0.1, 0.15) is 5.78 Å². The third kappa shape index (κ3) is 2.44. The van der Waals surface area contributed by atoms with Gasteiger partial charge in [-0.3, -0.25) is 14.6 Å². The predicted molar refractivity (Wildman–Crippen MR) is 102 cm³/mol. The SMILES string of the molecule is CC(=O)C1C(C)=NC2=C(C(=O)c3ccccc32)[C@H]1c1ccc(Br)cc1. The van der Waals surface area contributed by atoms with E-state index < -0.39 is 5.92 Å². The minimum atomic E-state index is -0.404. The summed E-state index contributed by atoms with van der Waals surface area (Å²) in [5, 5.41) is 0. The Kier molecular flexibility index (Phi) is 3.80. The van der Waals surface area contributed by atoms with Gasteiger partial charge in [0, 0.05) is 32.8 Å². The second kappa shape index (κ2) is 5.88. The van der Waals surface area contributed by atoms with E-state index in [1.165, 1.54) is 0 Å². The van der Waals surface area contributed by atoms with Gasteiger partial charge in [0.15, 0.2) is 5.78 Å². The van der Waals surface area contributed by atoms with Gasteiger partial charge in [-0.15, -0.1) is 0 Å². The minimum Gasteiger partial charge on any atom is -0.299 e. The highest BCUT2D eigenvalue weighted by Gasteiger charge is 2.44. The number of allylic oxidation sites excluding steroid dienone is 1. The molecule has 3 nitrogen and oxygen atoms in total. The number of halogens is 1. The summed E-state index contributed by atoms with van der Waals surface area (Å²) in [7, 11) is 0. The highest BCUT2D eigenvalue weighted by atomic mass is 79.9. The molecule has 0 fully saturated rings. The Balaban J connectivity index is 1.96. The van der Waals surface area contributed by atoms with Crippen molar-refractivity contribution in [1.29, 1.82) is 0 Å². The van der Waals surface area contributed by atoms with Gasteiger partial charge in [-0.05, 0) is 31.5 Å². The van der Waals surface area contributed by atoms with Crippen LogP contribution in [0.1, 0.15) is 41.3 Å². The number of nitrogens with zero attached hydrogens (tertiary/aromatic N) is 1. The molecule has 2 aliphatic rings. The zero-order chi connectivity index (χ0) is 17.7. The molecule has 2 aromatic carbocycles. The van der Waals surface area contributed by atoms with Gasteiger partial charge in [0.25, 0.3) is 0 Å². The summed E-state index contributed by atoms with van der Waals surface area (Å²) in [4.78, 5) is 30.2.